The number of hydrogen-bond acceptors (Lipinski definition) is 3. The Morgan fingerprint density at radius 1 is 1.22 bits per heavy atom. The van der Waals surface area contributed by atoms with E-state index in [9.17, 15) is 4.79 Å². The number of carbonyl (C=O) groups excluding carboxylic acids is 1. The van der Waals surface area contributed by atoms with Crippen molar-refractivity contribution in [3.63, 3.8) is 0 Å². The highest BCUT2D eigenvalue weighted by Gasteiger charge is 2.20. The van der Waals surface area contributed by atoms with E-state index in [-0.39, 0.29) is 12.1 Å². The number of hydrogen-bond donors (Lipinski definition) is 1. The van der Waals surface area contributed by atoms with Crippen molar-refractivity contribution in [1.82, 2.24) is 0 Å². The van der Waals surface area contributed by atoms with Crippen LogP contribution < -0.4 is 5.32 Å². The fourth-order valence-corrected chi connectivity index (χ4v) is 2.82. The van der Waals surface area contributed by atoms with Gasteiger partial charge in [-0.15, -0.1) is 0 Å². The molecule has 1 aliphatic carbocycles. The molecule has 1 heterocycles. The van der Waals surface area contributed by atoms with Crippen molar-refractivity contribution >= 4 is 11.7 Å². The third-order valence-electron chi connectivity index (χ3n) is 3.88. The van der Waals surface area contributed by atoms with Crippen LogP contribution in [-0.2, 0) is 11.2 Å². The first-order valence-corrected chi connectivity index (χ1v) is 6.91. The van der Waals surface area contributed by atoms with Gasteiger partial charge in [-0.25, -0.2) is 4.79 Å². The molecule has 0 amide bonds. The van der Waals surface area contributed by atoms with Crippen LogP contribution in [0.25, 0.3) is 0 Å². The Hall–Kier alpha value is -1.51. The van der Waals surface area contributed by atoms with Gasteiger partial charge in [-0.2, -0.15) is 0 Å². The van der Waals surface area contributed by atoms with E-state index in [0.29, 0.717) is 5.56 Å². The maximum atomic E-state index is 12.1. The Labute approximate surface area is 108 Å². The van der Waals surface area contributed by atoms with E-state index >= 15 is 0 Å². The second kappa shape index (κ2) is 5.01. The molecule has 0 aromatic heterocycles. The zero-order valence-electron chi connectivity index (χ0n) is 10.6. The smallest absolute Gasteiger partial charge is 0.338 e. The first-order chi connectivity index (χ1) is 8.83. The number of anilines is 1. The number of esters is 1. The summed E-state index contributed by atoms with van der Waals surface area (Å²) in [5.74, 6) is -0.168. The number of rotatable bonds is 2. The minimum absolute atomic E-state index is 0.132. The lowest BCUT2D eigenvalue weighted by Gasteiger charge is -2.21. The van der Waals surface area contributed by atoms with Crippen LogP contribution in [0.2, 0.25) is 0 Å². The number of ether oxygens (including phenoxy) is 1. The molecule has 3 nitrogen and oxygen atoms in total. The van der Waals surface area contributed by atoms with Crippen LogP contribution in [0, 0.1) is 0 Å². The van der Waals surface area contributed by atoms with E-state index in [1.807, 2.05) is 18.2 Å². The predicted molar refractivity (Wildman–Crippen MR) is 70.9 cm³/mol. The van der Waals surface area contributed by atoms with Crippen molar-refractivity contribution in [2.45, 2.75) is 44.6 Å². The molecule has 0 unspecified atom stereocenters. The standard InChI is InChI=1S/C15H19NO2/c17-15(18-13-4-2-1-3-5-13)12-7-6-11-8-9-16-14(11)10-12/h6-7,10,13,16H,1-5,8-9H2. The minimum Gasteiger partial charge on any atom is -0.459 e. The molecule has 1 N–H and O–H groups in total. The fourth-order valence-electron chi connectivity index (χ4n) is 2.82. The van der Waals surface area contributed by atoms with Gasteiger partial charge in [-0.05, 0) is 49.8 Å². The average molecular weight is 245 g/mol. The second-order valence-corrected chi connectivity index (χ2v) is 5.21. The molecule has 0 saturated heterocycles. The first kappa shape index (κ1) is 11.6. The summed E-state index contributed by atoms with van der Waals surface area (Å²) in [7, 11) is 0. The topological polar surface area (TPSA) is 38.3 Å². The molecule has 0 bridgehead atoms. The Kier molecular flexibility index (Phi) is 3.22. The highest BCUT2D eigenvalue weighted by molar-refractivity contribution is 5.91. The minimum atomic E-state index is -0.168. The summed E-state index contributed by atoms with van der Waals surface area (Å²) in [6, 6.07) is 5.84. The number of fused-ring (bicyclic) bond motifs is 1. The van der Waals surface area contributed by atoms with Crippen LogP contribution in [0.5, 0.6) is 0 Å². The predicted octanol–water partition coefficient (Wildman–Crippen LogP) is 3.14. The number of benzene rings is 1. The van der Waals surface area contributed by atoms with Gasteiger partial charge < -0.3 is 10.1 Å². The third kappa shape index (κ3) is 2.35. The lowest BCUT2D eigenvalue weighted by Crippen LogP contribution is -2.20. The van der Waals surface area contributed by atoms with Crippen LogP contribution >= 0.6 is 0 Å². The van der Waals surface area contributed by atoms with Crippen molar-refractivity contribution < 1.29 is 9.53 Å². The summed E-state index contributed by atoms with van der Waals surface area (Å²) in [5.41, 5.74) is 3.06. The molecule has 1 saturated carbocycles. The summed E-state index contributed by atoms with van der Waals surface area (Å²) >= 11 is 0. The Morgan fingerprint density at radius 2 is 2.06 bits per heavy atom. The van der Waals surface area contributed by atoms with Crippen molar-refractivity contribution in [3.8, 4) is 0 Å². The summed E-state index contributed by atoms with van der Waals surface area (Å²) in [6.07, 6.45) is 6.87. The largest absolute Gasteiger partial charge is 0.459 e. The van der Waals surface area contributed by atoms with Gasteiger partial charge in [-0.3, -0.25) is 0 Å². The lowest BCUT2D eigenvalue weighted by atomic mass is 9.98. The highest BCUT2D eigenvalue weighted by atomic mass is 16.5. The van der Waals surface area contributed by atoms with Crippen LogP contribution in [0.3, 0.4) is 0 Å². The Bertz CT molecular complexity index is 450. The van der Waals surface area contributed by atoms with Crippen LogP contribution in [0.15, 0.2) is 18.2 Å². The normalized spacial score (nSPS) is 19.1. The molecule has 0 radical (unpaired) electrons. The molecule has 0 atom stereocenters. The Balaban J connectivity index is 1.68. The first-order valence-electron chi connectivity index (χ1n) is 6.91. The van der Waals surface area contributed by atoms with Gasteiger partial charge in [0, 0.05) is 12.2 Å². The quantitative estimate of drug-likeness (QED) is 0.813. The van der Waals surface area contributed by atoms with Gasteiger partial charge in [0.05, 0.1) is 5.56 Å². The van der Waals surface area contributed by atoms with E-state index < -0.39 is 0 Å². The zero-order valence-corrected chi connectivity index (χ0v) is 10.6. The molecule has 96 valence electrons. The molecule has 3 rings (SSSR count). The van der Waals surface area contributed by atoms with E-state index in [1.54, 1.807) is 0 Å². The molecule has 1 fully saturated rings. The van der Waals surface area contributed by atoms with Crippen molar-refractivity contribution in [2.75, 3.05) is 11.9 Å². The fraction of sp³-hybridized carbons (Fsp3) is 0.533. The van der Waals surface area contributed by atoms with Crippen LogP contribution in [-0.4, -0.2) is 18.6 Å². The monoisotopic (exact) mass is 245 g/mol. The Morgan fingerprint density at radius 3 is 2.89 bits per heavy atom. The number of nitrogens with one attached hydrogen (secondary N) is 1. The van der Waals surface area contributed by atoms with Crippen LogP contribution in [0.4, 0.5) is 5.69 Å². The number of carbonyl (C=O) groups is 1. The van der Waals surface area contributed by atoms with Crippen LogP contribution in [0.1, 0.15) is 48.0 Å². The van der Waals surface area contributed by atoms with Gasteiger partial charge in [0.2, 0.25) is 0 Å². The summed E-state index contributed by atoms with van der Waals surface area (Å²) in [6.45, 7) is 0.969. The van der Waals surface area contributed by atoms with E-state index in [1.165, 1.54) is 24.8 Å². The highest BCUT2D eigenvalue weighted by Crippen LogP contribution is 2.25. The van der Waals surface area contributed by atoms with Crippen molar-refractivity contribution in [1.29, 1.82) is 0 Å². The average Bonchev–Trinajstić information content (AvgIpc) is 2.87. The molecule has 1 aliphatic heterocycles. The molecule has 3 heteroatoms. The van der Waals surface area contributed by atoms with Crippen molar-refractivity contribution in [3.05, 3.63) is 29.3 Å². The molecule has 1 aromatic carbocycles. The lowest BCUT2D eigenvalue weighted by molar-refractivity contribution is 0.0211. The molecular formula is C15H19NO2. The SMILES string of the molecule is O=C(OC1CCCCC1)c1ccc2c(c1)NCC2. The van der Waals surface area contributed by atoms with Gasteiger partial charge >= 0.3 is 5.97 Å². The van der Waals surface area contributed by atoms with E-state index in [4.69, 9.17) is 4.74 Å². The molecule has 1 aromatic rings. The maximum Gasteiger partial charge on any atom is 0.338 e. The van der Waals surface area contributed by atoms with E-state index in [2.05, 4.69) is 5.32 Å². The summed E-state index contributed by atoms with van der Waals surface area (Å²) in [5, 5.41) is 3.29. The third-order valence-corrected chi connectivity index (χ3v) is 3.88. The molecule has 0 spiro atoms. The van der Waals surface area contributed by atoms with E-state index in [0.717, 1.165) is 31.5 Å². The molecule has 2 aliphatic rings. The summed E-state index contributed by atoms with van der Waals surface area (Å²) in [4.78, 5) is 12.1. The van der Waals surface area contributed by atoms with Gasteiger partial charge in [0.1, 0.15) is 6.10 Å². The molecule has 18 heavy (non-hydrogen) atoms. The van der Waals surface area contributed by atoms with Gasteiger partial charge in [0.25, 0.3) is 0 Å². The molecular weight excluding hydrogens is 226 g/mol. The zero-order chi connectivity index (χ0) is 12.4. The van der Waals surface area contributed by atoms with Gasteiger partial charge in [0.15, 0.2) is 0 Å². The maximum absolute atomic E-state index is 12.1. The van der Waals surface area contributed by atoms with Crippen molar-refractivity contribution in [2.24, 2.45) is 0 Å². The summed E-state index contributed by atoms with van der Waals surface area (Å²) < 4.78 is 5.57. The second-order valence-electron chi connectivity index (χ2n) is 5.21. The van der Waals surface area contributed by atoms with Gasteiger partial charge in [-0.1, -0.05) is 12.5 Å².